The molecule has 0 amide bonds. The minimum Gasteiger partial charge on any atom is -0.310 e. The van der Waals surface area contributed by atoms with Gasteiger partial charge in [-0.05, 0) is 237 Å². The van der Waals surface area contributed by atoms with Crippen molar-refractivity contribution in [3.63, 3.8) is 0 Å². The quantitative estimate of drug-likeness (QED) is 0.133. The molecule has 13 aromatic carbocycles. The van der Waals surface area contributed by atoms with Crippen molar-refractivity contribution in [2.24, 2.45) is 0 Å². The van der Waals surface area contributed by atoms with E-state index in [1.165, 1.54) is 4.57 Å². The van der Waals surface area contributed by atoms with Crippen LogP contribution in [0.1, 0.15) is 294 Å². The van der Waals surface area contributed by atoms with Crippen LogP contribution < -0.4 is 26.2 Å². The molecule has 3 nitrogen and oxygen atoms in total. The van der Waals surface area contributed by atoms with Crippen LogP contribution in [0.25, 0.3) is 94.3 Å². The van der Waals surface area contributed by atoms with Crippen molar-refractivity contribution in [3.8, 4) is 72.4 Å². The van der Waals surface area contributed by atoms with E-state index in [0.717, 1.165) is 55.6 Å². The summed E-state index contributed by atoms with van der Waals surface area (Å²) in [7, 11) is 0. The van der Waals surface area contributed by atoms with Crippen LogP contribution in [0.4, 0.5) is 34.1 Å². The van der Waals surface area contributed by atoms with Gasteiger partial charge in [0.1, 0.15) is 0 Å². The zero-order chi connectivity index (χ0) is 107. The molecule has 0 spiro atoms. The monoisotopic (exact) mass is 1620 g/mol. The van der Waals surface area contributed by atoms with Gasteiger partial charge in [-0.25, -0.2) is 0 Å². The number of aromatic nitrogens is 1. The van der Waals surface area contributed by atoms with E-state index in [1.54, 1.807) is 39.0 Å². The summed E-state index contributed by atoms with van der Waals surface area (Å²) < 4.78 is 227. The van der Waals surface area contributed by atoms with Crippen molar-refractivity contribution in [2.45, 2.75) is 262 Å². The fourth-order valence-electron chi connectivity index (χ4n) is 17.2. The fourth-order valence-corrected chi connectivity index (χ4v) is 17.2. The minimum absolute atomic E-state index is 0.0151. The van der Waals surface area contributed by atoms with Gasteiger partial charge in [0, 0.05) is 61.5 Å². The van der Waals surface area contributed by atoms with Crippen molar-refractivity contribution in [1.29, 1.82) is 0 Å². The van der Waals surface area contributed by atoms with Crippen LogP contribution in [0.15, 0.2) is 254 Å². The summed E-state index contributed by atoms with van der Waals surface area (Å²) in [6.07, 6.45) is 0. The Morgan fingerprint density at radius 3 is 1.16 bits per heavy atom. The lowest BCUT2D eigenvalue weighted by Gasteiger charge is -2.46. The van der Waals surface area contributed by atoms with Crippen molar-refractivity contribution < 1.29 is 30.2 Å². The molecule has 0 saturated carbocycles. The van der Waals surface area contributed by atoms with Gasteiger partial charge < -0.3 is 14.4 Å². The largest absolute Gasteiger partial charge is 0.310 e. The molecular weight excluding hydrogens is 1470 g/mol. The Balaban J connectivity index is 1.30. The maximum Gasteiger partial charge on any atom is 0.252 e. The highest BCUT2D eigenvalue weighted by Gasteiger charge is 2.47. The molecule has 1 aromatic heterocycles. The Morgan fingerprint density at radius 1 is 0.246 bits per heavy atom. The molecular formula is C118H132BN3. The number of hydrogen-bond donors (Lipinski definition) is 0. The topological polar surface area (TPSA) is 11.4 Å². The Morgan fingerprint density at radius 2 is 0.656 bits per heavy atom. The van der Waals surface area contributed by atoms with E-state index in [1.807, 2.05) is 97.5 Å². The smallest absolute Gasteiger partial charge is 0.252 e. The number of anilines is 6. The molecule has 122 heavy (non-hydrogen) atoms. The zero-order valence-electron chi connectivity index (χ0n) is 99.5. The van der Waals surface area contributed by atoms with Crippen molar-refractivity contribution >= 4 is 79.0 Å². The van der Waals surface area contributed by atoms with Crippen LogP contribution >= 0.6 is 0 Å². The Kier molecular flexibility index (Phi) is 14.9. The summed E-state index contributed by atoms with van der Waals surface area (Å²) in [5.41, 5.74) is 5.16. The fraction of sp³-hybridized carbons (Fsp3) is 0.339. The molecule has 0 bridgehead atoms. The normalized spacial score (nSPS) is 16.3. The first-order valence-electron chi connectivity index (χ1n) is 54.2. The molecule has 0 atom stereocenters. The second-order valence-electron chi connectivity index (χ2n) is 44.4. The molecule has 4 heteroatoms. The van der Waals surface area contributed by atoms with Crippen molar-refractivity contribution in [2.75, 3.05) is 9.80 Å². The molecule has 0 unspecified atom stereocenters. The van der Waals surface area contributed by atoms with Gasteiger partial charge >= 0.3 is 0 Å². The van der Waals surface area contributed by atoms with Crippen LogP contribution in [0, 0.1) is 0 Å². The van der Waals surface area contributed by atoms with Crippen LogP contribution in [-0.2, 0) is 54.1 Å². The van der Waals surface area contributed by atoms with Crippen molar-refractivity contribution in [3.05, 3.63) is 310 Å². The summed E-state index contributed by atoms with van der Waals surface area (Å²) in [6, 6.07) is 30.3. The summed E-state index contributed by atoms with van der Waals surface area (Å²) in [4.78, 5) is 4.16. The second-order valence-corrected chi connectivity index (χ2v) is 44.4. The van der Waals surface area contributed by atoms with Crippen LogP contribution in [-0.4, -0.2) is 11.3 Å². The van der Waals surface area contributed by atoms with Gasteiger partial charge in [0.05, 0.1) is 52.6 Å². The maximum absolute atomic E-state index is 11.9. The minimum atomic E-state index is -1.27. The van der Waals surface area contributed by atoms with Crippen LogP contribution in [0.5, 0.6) is 0 Å². The molecule has 0 fully saturated rings. The number of para-hydroxylation sites is 2. The number of nitrogens with zero attached hydrogens (tertiary/aromatic N) is 3. The third kappa shape index (κ3) is 15.5. The zero-order valence-corrected chi connectivity index (χ0v) is 77.5. The van der Waals surface area contributed by atoms with Gasteiger partial charge in [-0.1, -0.05) is 395 Å². The highest BCUT2D eigenvalue weighted by atomic mass is 15.2. The summed E-state index contributed by atoms with van der Waals surface area (Å²) in [6.45, 7) is 60.3. The molecule has 14 aromatic rings. The lowest BCUT2D eigenvalue weighted by atomic mass is 9.33. The first-order valence-corrected chi connectivity index (χ1v) is 43.2. The van der Waals surface area contributed by atoms with Gasteiger partial charge in [-0.3, -0.25) is 0 Å². The summed E-state index contributed by atoms with van der Waals surface area (Å²) >= 11 is 0. The maximum atomic E-state index is 11.9. The average molecular weight is 1630 g/mol. The van der Waals surface area contributed by atoms with E-state index in [0.29, 0.717) is 44.6 Å². The Bertz CT molecular complexity index is 7680. The van der Waals surface area contributed by atoms with E-state index in [-0.39, 0.29) is 124 Å². The van der Waals surface area contributed by atoms with Gasteiger partial charge in [0.2, 0.25) is 0 Å². The third-order valence-corrected chi connectivity index (χ3v) is 24.5. The lowest BCUT2D eigenvalue weighted by molar-refractivity contribution is 0.568. The predicted octanol–water partition coefficient (Wildman–Crippen LogP) is 31.8. The SMILES string of the molecule is [2H]c1c([2H])c([2H])c(-c2ccc3c(c2)N(c2c(-c4cc(C(C)(C)C)cc(C(C)(C)C)c4)cc(C(C)(C)C)cc2-c2ccccc2C(C)(C)C)c2cc(-c4cc(C(C)(C)C)cc(C(C)(C)C)c4)cc4c2B3c2ccc(-n3c5c([2H])c([2H])c([2H])c([2H])c5c5c([2H])c([2H])c([2H])c([2H])c53)cc2N4c2c(-c3c([2H])c([2H])c(C(C)(C)C)c([2H])c3[2H])c([2H])c(C(C)(C)C)c([2H])c2-c2c([2H])c(C(C)(C)C)c([2H])c([2H])c2C(C)(C)C)c([2H])c1[2H]. The van der Waals surface area contributed by atoms with E-state index in [2.05, 4.69) is 202 Å². The molecule has 16 rings (SSSR count). The van der Waals surface area contributed by atoms with Crippen molar-refractivity contribution in [1.82, 2.24) is 4.57 Å². The predicted molar refractivity (Wildman–Crippen MR) is 534 cm³/mol. The molecule has 622 valence electrons. The molecule has 3 heterocycles. The second kappa shape index (κ2) is 29.5. The highest BCUT2D eigenvalue weighted by Crippen LogP contribution is 2.58. The standard InChI is InChI=1S/C118H132BN3/c1-109(2,3)79-51-48-74(49-52-79)91-68-85(115(19,20)21)71-95(93-67-80(110(4,5)6)53-55-97(93)118(28,29)30)107(91)122-103-72-87(120-100-46-38-35-43-89(100)90-44-36-39-47-101(90)120)54-57-99(103)119-98-56-50-75(73-40-32-31-33-41-73)62-102(98)121(104-63-77(64-105(122)106(104)119)76-58-81(111(7,8)9)65-82(59-76)112(10,11)12)108-92(78-60-83(113(13,14)15)66-84(61-78)114(16,17)18)69-86(116(22,23)24)70-94(108)88-42-34-37-45-96(88)117(25,26)27/h31-72H,1-30H3/i31D,32D,33D,35D,36D,38D,39D,40D,41D,43D,44D,46D,47D,48D,49D,51D,52D,53D,55D,67D,68D,71D. The van der Waals surface area contributed by atoms with Crippen LogP contribution in [0.3, 0.4) is 0 Å². The molecule has 0 radical (unpaired) electrons. The summed E-state index contributed by atoms with van der Waals surface area (Å²) in [5, 5.41) is -0.448. The van der Waals surface area contributed by atoms with E-state index in [9.17, 15) is 28.8 Å². The molecule has 2 aliphatic heterocycles. The third-order valence-electron chi connectivity index (χ3n) is 24.5. The van der Waals surface area contributed by atoms with E-state index < -0.39 is 170 Å². The molecule has 0 aliphatic carbocycles. The first-order chi connectivity index (χ1) is 66.0. The summed E-state index contributed by atoms with van der Waals surface area (Å²) in [5.74, 6) is 0. The Hall–Kier alpha value is -10.7. The number of rotatable bonds is 9. The Labute approximate surface area is 764 Å². The van der Waals surface area contributed by atoms with Gasteiger partial charge in [-0.15, -0.1) is 0 Å². The van der Waals surface area contributed by atoms with E-state index in [4.69, 9.17) is 1.37 Å². The lowest BCUT2D eigenvalue weighted by Crippen LogP contribution is -2.61. The first kappa shape index (κ1) is 61.6. The van der Waals surface area contributed by atoms with Gasteiger partial charge in [-0.2, -0.15) is 0 Å². The van der Waals surface area contributed by atoms with Crippen LogP contribution in [0.2, 0.25) is 0 Å². The number of benzene rings is 13. The average Bonchev–Trinajstić information content (AvgIpc) is 0.684. The number of fused-ring (bicyclic) bond motifs is 7. The highest BCUT2D eigenvalue weighted by molar-refractivity contribution is 7.00. The van der Waals surface area contributed by atoms with E-state index >= 15 is 0 Å². The number of hydrogen-bond acceptors (Lipinski definition) is 2. The van der Waals surface area contributed by atoms with Gasteiger partial charge in [0.15, 0.2) is 0 Å². The van der Waals surface area contributed by atoms with Gasteiger partial charge in [0.25, 0.3) is 6.71 Å². The molecule has 0 N–H and O–H groups in total. The molecule has 2 aliphatic rings. The molecule has 0 saturated heterocycles.